The third-order valence-electron chi connectivity index (χ3n) is 7.97. The third-order valence-corrected chi connectivity index (χ3v) is 7.97. The van der Waals surface area contributed by atoms with Crippen molar-refractivity contribution in [1.82, 2.24) is 15.7 Å². The third kappa shape index (κ3) is 3.87. The predicted octanol–water partition coefficient (Wildman–Crippen LogP) is 4.84. The lowest BCUT2D eigenvalue weighted by molar-refractivity contribution is -0.0937. The molecule has 0 saturated heterocycles. The smallest absolute Gasteiger partial charge is 0.271 e. The van der Waals surface area contributed by atoms with Crippen molar-refractivity contribution in [2.45, 2.75) is 50.5 Å². The van der Waals surface area contributed by atoms with Gasteiger partial charge in [-0.1, -0.05) is 30.7 Å². The van der Waals surface area contributed by atoms with Gasteiger partial charge in [0, 0.05) is 22.1 Å². The number of pyridine rings is 1. The van der Waals surface area contributed by atoms with E-state index in [2.05, 4.69) is 20.8 Å². The van der Waals surface area contributed by atoms with Gasteiger partial charge in [0.05, 0.1) is 17.4 Å². The molecule has 1 heterocycles. The van der Waals surface area contributed by atoms with Crippen LogP contribution in [-0.4, -0.2) is 28.6 Å². The van der Waals surface area contributed by atoms with Gasteiger partial charge in [-0.15, -0.1) is 0 Å². The minimum atomic E-state index is -0.329. The highest BCUT2D eigenvalue weighted by atomic mass is 16.2. The summed E-state index contributed by atoms with van der Waals surface area (Å²) in [6.07, 6.45) is 10.1. The van der Waals surface area contributed by atoms with Gasteiger partial charge < -0.3 is 5.32 Å². The van der Waals surface area contributed by atoms with Crippen molar-refractivity contribution in [2.24, 2.45) is 16.4 Å². The lowest BCUT2D eigenvalue weighted by Gasteiger charge is -2.63. The van der Waals surface area contributed by atoms with E-state index in [9.17, 15) is 9.59 Å². The van der Waals surface area contributed by atoms with Crippen molar-refractivity contribution in [3.63, 3.8) is 0 Å². The SMILES string of the molecule is O=C(N/N=C/c1ccc2ccccc2n1)c1ccc(C(=O)NC23CCCC4(CC(C4)C2)C3)cc1. The fourth-order valence-electron chi connectivity index (χ4n) is 6.70. The van der Waals surface area contributed by atoms with Crippen LogP contribution in [0.3, 0.4) is 0 Å². The quantitative estimate of drug-likeness (QED) is 0.429. The fourth-order valence-corrected chi connectivity index (χ4v) is 6.70. The van der Waals surface area contributed by atoms with Gasteiger partial charge in [0.15, 0.2) is 0 Å². The number of amides is 2. The number of benzene rings is 2. The minimum absolute atomic E-state index is 0.0297. The number of rotatable bonds is 5. The van der Waals surface area contributed by atoms with E-state index in [0.29, 0.717) is 22.2 Å². The predicted molar refractivity (Wildman–Crippen MR) is 132 cm³/mol. The van der Waals surface area contributed by atoms with Crippen molar-refractivity contribution < 1.29 is 9.59 Å². The Kier molecular flexibility index (Phi) is 4.97. The van der Waals surface area contributed by atoms with E-state index in [1.54, 1.807) is 24.3 Å². The van der Waals surface area contributed by atoms with Crippen LogP contribution in [0.4, 0.5) is 0 Å². The molecule has 4 saturated carbocycles. The van der Waals surface area contributed by atoms with Crippen LogP contribution in [0.5, 0.6) is 0 Å². The molecule has 3 bridgehead atoms. The Hall–Kier alpha value is -3.54. The summed E-state index contributed by atoms with van der Waals surface area (Å²) < 4.78 is 0. The number of carbonyl (C=O) groups excluding carboxylic acids is 2. The molecule has 6 heteroatoms. The van der Waals surface area contributed by atoms with Crippen molar-refractivity contribution in [2.75, 3.05) is 0 Å². The van der Waals surface area contributed by atoms with Crippen LogP contribution in [-0.2, 0) is 0 Å². The standard InChI is InChI=1S/C28H28N4O2/c33-25(31-28-13-3-12-27(18-28)14-19(15-27)16-28)21-6-8-22(9-7-21)26(34)32-29-17-23-11-10-20-4-1-2-5-24(20)30-23/h1-2,4-11,17,19H,3,12-16,18H2,(H,31,33)(H,32,34)/b29-17+. The Morgan fingerprint density at radius 1 is 0.912 bits per heavy atom. The summed E-state index contributed by atoms with van der Waals surface area (Å²) in [4.78, 5) is 30.0. The second-order valence-electron chi connectivity index (χ2n) is 10.4. The number of fused-ring (bicyclic) bond motifs is 1. The summed E-state index contributed by atoms with van der Waals surface area (Å²) in [5.41, 5.74) is 5.59. The van der Waals surface area contributed by atoms with E-state index in [4.69, 9.17) is 0 Å². The number of hydrogen-bond donors (Lipinski definition) is 2. The number of aromatic nitrogens is 1. The van der Waals surface area contributed by atoms with Gasteiger partial charge in [-0.05, 0) is 86.3 Å². The molecule has 0 aliphatic heterocycles. The summed E-state index contributed by atoms with van der Waals surface area (Å²) in [5.74, 6) is 0.417. The van der Waals surface area contributed by atoms with Crippen LogP contribution in [0.1, 0.15) is 71.4 Å². The van der Waals surface area contributed by atoms with Crippen LogP contribution < -0.4 is 10.7 Å². The van der Waals surface area contributed by atoms with E-state index in [1.165, 1.54) is 31.9 Å². The number of nitrogens with zero attached hydrogens (tertiary/aromatic N) is 2. The Morgan fingerprint density at radius 3 is 2.50 bits per heavy atom. The molecule has 6 nitrogen and oxygen atoms in total. The van der Waals surface area contributed by atoms with Gasteiger partial charge in [-0.25, -0.2) is 10.4 Å². The molecule has 1 spiro atoms. The van der Waals surface area contributed by atoms with Crippen molar-refractivity contribution in [1.29, 1.82) is 0 Å². The maximum Gasteiger partial charge on any atom is 0.271 e. The number of hydrogen-bond acceptors (Lipinski definition) is 4. The molecule has 2 N–H and O–H groups in total. The first kappa shape index (κ1) is 21.0. The first-order valence-corrected chi connectivity index (χ1v) is 12.1. The van der Waals surface area contributed by atoms with Gasteiger partial charge in [-0.3, -0.25) is 9.59 Å². The molecule has 7 rings (SSSR count). The molecule has 2 amide bonds. The molecule has 3 aromatic rings. The lowest BCUT2D eigenvalue weighted by Crippen LogP contribution is -2.63. The summed E-state index contributed by atoms with van der Waals surface area (Å²) in [6.45, 7) is 0. The van der Waals surface area contributed by atoms with E-state index in [1.807, 2.05) is 36.4 Å². The van der Waals surface area contributed by atoms with E-state index in [0.717, 1.165) is 36.1 Å². The van der Waals surface area contributed by atoms with Crippen LogP contribution in [0.2, 0.25) is 0 Å². The molecular formula is C28H28N4O2. The molecule has 1 aromatic heterocycles. The van der Waals surface area contributed by atoms with Gasteiger partial charge in [0.2, 0.25) is 0 Å². The molecule has 34 heavy (non-hydrogen) atoms. The average molecular weight is 453 g/mol. The fraction of sp³-hybridized carbons (Fsp3) is 0.357. The average Bonchev–Trinajstić information content (AvgIpc) is 2.83. The second-order valence-corrected chi connectivity index (χ2v) is 10.4. The maximum atomic E-state index is 13.0. The van der Waals surface area contributed by atoms with Crippen molar-refractivity contribution >= 4 is 28.9 Å². The number of carbonyl (C=O) groups is 2. The van der Waals surface area contributed by atoms with Crippen molar-refractivity contribution in [3.05, 3.63) is 77.5 Å². The summed E-state index contributed by atoms with van der Waals surface area (Å²) >= 11 is 0. The molecule has 1 unspecified atom stereocenters. The minimum Gasteiger partial charge on any atom is -0.347 e. The highest BCUT2D eigenvalue weighted by Gasteiger charge is 2.58. The van der Waals surface area contributed by atoms with Gasteiger partial charge in [0.1, 0.15) is 0 Å². The van der Waals surface area contributed by atoms with Gasteiger partial charge in [-0.2, -0.15) is 5.10 Å². The Morgan fingerprint density at radius 2 is 1.68 bits per heavy atom. The molecule has 0 radical (unpaired) electrons. The highest BCUT2D eigenvalue weighted by molar-refractivity contribution is 5.98. The normalized spacial score (nSPS) is 27.2. The second kappa shape index (κ2) is 8.05. The summed E-state index contributed by atoms with van der Waals surface area (Å²) in [7, 11) is 0. The zero-order chi connectivity index (χ0) is 23.2. The zero-order valence-electron chi connectivity index (χ0n) is 19.1. The van der Waals surface area contributed by atoms with Crippen LogP contribution >= 0.6 is 0 Å². The first-order valence-electron chi connectivity index (χ1n) is 12.1. The zero-order valence-corrected chi connectivity index (χ0v) is 19.1. The molecule has 4 fully saturated rings. The molecule has 1 atom stereocenters. The largest absolute Gasteiger partial charge is 0.347 e. The number of hydrazone groups is 1. The van der Waals surface area contributed by atoms with Crippen LogP contribution in [0.15, 0.2) is 65.8 Å². The van der Waals surface area contributed by atoms with Crippen LogP contribution in [0, 0.1) is 11.3 Å². The Balaban J connectivity index is 1.07. The van der Waals surface area contributed by atoms with Gasteiger partial charge in [0.25, 0.3) is 11.8 Å². The number of para-hydroxylation sites is 1. The van der Waals surface area contributed by atoms with Crippen LogP contribution in [0.25, 0.3) is 10.9 Å². The lowest BCUT2D eigenvalue weighted by atomic mass is 9.44. The molecule has 4 aliphatic rings. The van der Waals surface area contributed by atoms with E-state index in [-0.39, 0.29) is 17.4 Å². The van der Waals surface area contributed by atoms with Crippen molar-refractivity contribution in [3.8, 4) is 0 Å². The molecule has 172 valence electrons. The summed E-state index contributed by atoms with van der Waals surface area (Å²) in [6, 6.07) is 18.5. The Bertz CT molecular complexity index is 1290. The monoisotopic (exact) mass is 452 g/mol. The molecular weight excluding hydrogens is 424 g/mol. The maximum absolute atomic E-state index is 13.0. The Labute approximate surface area is 198 Å². The molecule has 4 aliphatic carbocycles. The number of nitrogens with one attached hydrogen (secondary N) is 2. The van der Waals surface area contributed by atoms with Gasteiger partial charge >= 0.3 is 0 Å². The highest BCUT2D eigenvalue weighted by Crippen LogP contribution is 2.64. The first-order chi connectivity index (χ1) is 16.5. The van der Waals surface area contributed by atoms with E-state index >= 15 is 0 Å². The summed E-state index contributed by atoms with van der Waals surface area (Å²) in [5, 5.41) is 8.47. The molecule has 2 aromatic carbocycles. The van der Waals surface area contributed by atoms with E-state index < -0.39 is 0 Å². The topological polar surface area (TPSA) is 83.5 Å².